The van der Waals surface area contributed by atoms with E-state index in [1.54, 1.807) is 13.8 Å². The number of carbonyl (C=O) groups is 3. The molecule has 2 fully saturated rings. The molecule has 0 saturated carbocycles. The summed E-state index contributed by atoms with van der Waals surface area (Å²) in [7, 11) is 0. The Morgan fingerprint density at radius 3 is 2.56 bits per heavy atom. The molecule has 2 saturated heterocycles. The number of β-lactam (4-membered cyclic amide) rings is 1. The molecule has 134 valence electrons. The second kappa shape index (κ2) is 5.92. The van der Waals surface area contributed by atoms with Crippen molar-refractivity contribution in [2.75, 3.05) is 0 Å². The summed E-state index contributed by atoms with van der Waals surface area (Å²) in [5, 5.41) is 20.8. The average molecular weight is 369 g/mol. The van der Waals surface area contributed by atoms with Gasteiger partial charge in [-0.05, 0) is 31.5 Å². The predicted molar refractivity (Wildman–Crippen MR) is 90.7 cm³/mol. The summed E-state index contributed by atoms with van der Waals surface area (Å²) in [6, 6.07) is -6.46. The van der Waals surface area contributed by atoms with E-state index in [-0.39, 0.29) is 0 Å². The zero-order chi connectivity index (χ0) is 22.0. The number of rotatable bonds is 4. The highest BCUT2D eigenvalue weighted by Gasteiger charge is 2.64. The van der Waals surface area contributed by atoms with Gasteiger partial charge in [-0.1, -0.05) is 12.1 Å². The van der Waals surface area contributed by atoms with Gasteiger partial charge in [0.05, 0.1) is 5.48 Å². The summed E-state index contributed by atoms with van der Waals surface area (Å²) in [6.07, 6.45) is 0. The van der Waals surface area contributed by atoms with Crippen LogP contribution in [0.3, 0.4) is 0 Å². The van der Waals surface area contributed by atoms with E-state index in [4.69, 9.17) is 11.2 Å². The zero-order valence-corrected chi connectivity index (χ0v) is 14.2. The Morgan fingerprint density at radius 1 is 1.40 bits per heavy atom. The fourth-order valence-corrected chi connectivity index (χ4v) is 4.62. The van der Waals surface area contributed by atoms with Crippen molar-refractivity contribution in [2.45, 2.75) is 42.1 Å². The lowest BCUT2D eigenvalue weighted by Crippen LogP contribution is -2.71. The van der Waals surface area contributed by atoms with Crippen LogP contribution in [0.4, 0.5) is 0 Å². The van der Waals surface area contributed by atoms with Crippen molar-refractivity contribution in [3.05, 3.63) is 29.7 Å². The molecule has 1 unspecified atom stereocenters. The van der Waals surface area contributed by atoms with Gasteiger partial charge in [0.2, 0.25) is 11.8 Å². The van der Waals surface area contributed by atoms with Crippen LogP contribution in [0.15, 0.2) is 24.2 Å². The van der Waals surface area contributed by atoms with Crippen LogP contribution in [-0.2, 0) is 14.4 Å². The molecule has 1 aromatic carbocycles. The number of fused-ring (bicyclic) bond motifs is 1. The minimum absolute atomic E-state index is 0.415. The first kappa shape index (κ1) is 13.0. The van der Waals surface area contributed by atoms with Gasteiger partial charge in [0, 0.05) is 4.75 Å². The lowest BCUT2D eigenvalue weighted by molar-refractivity contribution is -0.161. The van der Waals surface area contributed by atoms with E-state index < -0.39 is 81.5 Å². The van der Waals surface area contributed by atoms with Crippen molar-refractivity contribution in [3.8, 4) is 5.75 Å². The maximum Gasteiger partial charge on any atom is 0.327 e. The third-order valence-corrected chi connectivity index (χ3v) is 5.77. The van der Waals surface area contributed by atoms with Gasteiger partial charge in [-0.3, -0.25) is 9.59 Å². The van der Waals surface area contributed by atoms with Crippen molar-refractivity contribution < 1.29 is 30.1 Å². The Morgan fingerprint density at radius 2 is 2.00 bits per heavy atom. The Balaban J connectivity index is 1.83. The lowest BCUT2D eigenvalue weighted by atomic mass is 9.95. The van der Waals surface area contributed by atoms with Gasteiger partial charge in [0.15, 0.2) is 0 Å². The Labute approximate surface area is 154 Å². The van der Waals surface area contributed by atoms with Crippen LogP contribution in [0.5, 0.6) is 5.75 Å². The van der Waals surface area contributed by atoms with Crippen LogP contribution in [0.1, 0.15) is 30.9 Å². The van der Waals surface area contributed by atoms with Crippen molar-refractivity contribution in [1.29, 1.82) is 0 Å². The van der Waals surface area contributed by atoms with Crippen LogP contribution in [0, 0.1) is 0 Å². The summed E-state index contributed by atoms with van der Waals surface area (Å²) in [6.45, 7) is 3.38. The summed E-state index contributed by atoms with van der Waals surface area (Å²) in [4.78, 5) is 37.8. The summed E-state index contributed by atoms with van der Waals surface area (Å²) in [5.74, 6) is -3.49. The van der Waals surface area contributed by atoms with Crippen molar-refractivity contribution in [3.63, 3.8) is 0 Å². The molecule has 3 rings (SSSR count). The molecule has 25 heavy (non-hydrogen) atoms. The quantitative estimate of drug-likeness (QED) is 0.550. The minimum Gasteiger partial charge on any atom is -0.508 e. The van der Waals surface area contributed by atoms with Crippen LogP contribution in [0.2, 0.25) is 0 Å². The number of carboxylic acids is 1. The molecule has 0 radical (unpaired) electrons. The standard InChI is InChI=1S/C16H19N3O5S/c1-16(2)11(15(23)24)19-13(22)10(14(19)25-16)18-12(21)9(17)7-3-5-8(20)6-4-7/h3-6,9-11,14,20H,17H2,1-2H3,(H,18,21)(H,23,24)/t9-,10?,11+,14-/m1/s1/i3D,4D,5D,6D. The zero-order valence-electron chi connectivity index (χ0n) is 17.4. The van der Waals surface area contributed by atoms with Crippen molar-refractivity contribution in [2.24, 2.45) is 5.73 Å². The number of phenolic OH excluding ortho intramolecular Hbond substituents is 1. The Bertz CT molecular complexity index is 915. The number of nitrogens with zero attached hydrogens (tertiary/aromatic N) is 1. The highest BCUT2D eigenvalue weighted by atomic mass is 32.2. The molecule has 0 aliphatic carbocycles. The summed E-state index contributed by atoms with van der Waals surface area (Å²) < 4.78 is 30.2. The number of aromatic hydroxyl groups is 1. The molecular formula is C16H19N3O5S. The molecule has 2 amide bonds. The first-order valence-corrected chi connectivity index (χ1v) is 8.27. The fourth-order valence-electron chi connectivity index (χ4n) is 2.99. The van der Waals surface area contributed by atoms with Gasteiger partial charge < -0.3 is 26.2 Å². The second-order valence-corrected chi connectivity index (χ2v) is 8.10. The van der Waals surface area contributed by atoms with Crippen LogP contribution in [0.25, 0.3) is 0 Å². The number of amides is 2. The van der Waals surface area contributed by atoms with Gasteiger partial charge in [0.25, 0.3) is 0 Å². The lowest BCUT2D eigenvalue weighted by Gasteiger charge is -2.43. The number of carboxylic acid groups (broad SMARTS) is 1. The predicted octanol–water partition coefficient (Wildman–Crippen LogP) is 0.0237. The van der Waals surface area contributed by atoms with Crippen LogP contribution < -0.4 is 11.1 Å². The highest BCUT2D eigenvalue weighted by Crippen LogP contribution is 2.50. The number of nitrogens with one attached hydrogen (secondary N) is 1. The molecule has 2 aliphatic heterocycles. The second-order valence-electron chi connectivity index (χ2n) is 6.32. The van der Waals surface area contributed by atoms with E-state index in [0.717, 1.165) is 0 Å². The summed E-state index contributed by atoms with van der Waals surface area (Å²) in [5.41, 5.74) is 5.43. The maximum atomic E-state index is 12.6. The number of hydrogen-bond donors (Lipinski definition) is 4. The topological polar surface area (TPSA) is 133 Å². The van der Waals surface area contributed by atoms with Crippen LogP contribution in [-0.4, -0.2) is 55.1 Å². The van der Waals surface area contributed by atoms with E-state index in [9.17, 15) is 24.6 Å². The first-order valence-electron chi connectivity index (χ1n) is 9.39. The highest BCUT2D eigenvalue weighted by molar-refractivity contribution is 8.01. The Hall–Kier alpha value is -2.26. The number of thioether (sulfide) groups is 1. The van der Waals surface area contributed by atoms with E-state index in [1.165, 1.54) is 16.7 Å². The molecule has 2 aliphatic rings. The number of phenols is 1. The fraction of sp³-hybridized carbons (Fsp3) is 0.438. The van der Waals surface area contributed by atoms with Gasteiger partial charge >= 0.3 is 5.97 Å². The monoisotopic (exact) mass is 369 g/mol. The van der Waals surface area contributed by atoms with Crippen molar-refractivity contribution in [1.82, 2.24) is 10.2 Å². The summed E-state index contributed by atoms with van der Waals surface area (Å²) >= 11 is 1.23. The largest absolute Gasteiger partial charge is 0.508 e. The number of nitrogens with two attached hydrogens (primary N) is 1. The van der Waals surface area contributed by atoms with Gasteiger partial charge in [-0.15, -0.1) is 11.8 Å². The molecule has 5 N–H and O–H groups in total. The SMILES string of the molecule is [2H]c1c([2H])c([C@@H](N)C(=O)NC2C(=O)N3[C@@H]2SC(C)(C)[C@@H]3C(=O)O)c([2H])c([2H])c1O. The normalized spacial score (nSPS) is 30.3. The van der Waals surface area contributed by atoms with E-state index >= 15 is 0 Å². The molecule has 8 nitrogen and oxygen atoms in total. The molecule has 0 spiro atoms. The van der Waals surface area contributed by atoms with Gasteiger partial charge in [-0.25, -0.2) is 4.79 Å². The molecule has 0 bridgehead atoms. The smallest absolute Gasteiger partial charge is 0.327 e. The van der Waals surface area contributed by atoms with Crippen LogP contribution >= 0.6 is 11.8 Å². The molecular weight excluding hydrogens is 346 g/mol. The third-order valence-electron chi connectivity index (χ3n) is 4.20. The number of hydrogen-bond acceptors (Lipinski definition) is 6. The number of carbonyl (C=O) groups excluding carboxylic acids is 2. The minimum atomic E-state index is -1.62. The van der Waals surface area contributed by atoms with E-state index in [2.05, 4.69) is 5.32 Å². The molecule has 2 heterocycles. The van der Waals surface area contributed by atoms with E-state index in [1.807, 2.05) is 0 Å². The average Bonchev–Trinajstić information content (AvgIpc) is 2.90. The molecule has 0 aromatic heterocycles. The first-order chi connectivity index (χ1) is 13.3. The molecule has 9 heteroatoms. The maximum absolute atomic E-state index is 12.6. The third kappa shape index (κ3) is 2.83. The number of aliphatic carboxylic acids is 1. The molecule has 1 aromatic rings. The van der Waals surface area contributed by atoms with Gasteiger partial charge in [0.1, 0.15) is 29.2 Å². The van der Waals surface area contributed by atoms with E-state index in [0.29, 0.717) is 0 Å². The molecule has 4 atom stereocenters. The van der Waals surface area contributed by atoms with Gasteiger partial charge in [-0.2, -0.15) is 0 Å². The number of benzene rings is 1. The Kier molecular flexibility index (Phi) is 3.08. The van der Waals surface area contributed by atoms with Crippen molar-refractivity contribution >= 4 is 29.5 Å².